The molecule has 0 aliphatic heterocycles. The van der Waals surface area contributed by atoms with E-state index in [-0.39, 0.29) is 17.2 Å². The third-order valence-electron chi connectivity index (χ3n) is 5.92. The second-order valence-electron chi connectivity index (χ2n) is 9.41. The predicted molar refractivity (Wildman–Crippen MR) is 147 cm³/mol. The quantitative estimate of drug-likeness (QED) is 0.272. The van der Waals surface area contributed by atoms with Crippen molar-refractivity contribution in [2.75, 3.05) is 19.5 Å². The molecule has 0 saturated heterocycles. The maximum Gasteiger partial charge on any atom is 0.193 e. The lowest BCUT2D eigenvalue weighted by molar-refractivity contribution is 0.103. The molecule has 0 bridgehead atoms. The molecule has 184 valence electrons. The molecule has 0 aromatic heterocycles. The molecule has 3 aromatic rings. The van der Waals surface area contributed by atoms with Gasteiger partial charge in [-0.2, -0.15) is 0 Å². The Morgan fingerprint density at radius 2 is 1.60 bits per heavy atom. The Kier molecular flexibility index (Phi) is 8.52. The molecule has 5 nitrogen and oxygen atoms in total. The average molecular weight is 491 g/mol. The summed E-state index contributed by atoms with van der Waals surface area (Å²) in [4.78, 5) is 13.1. The van der Waals surface area contributed by atoms with E-state index in [1.54, 1.807) is 14.2 Å². The van der Waals surface area contributed by atoms with Crippen molar-refractivity contribution in [3.8, 4) is 11.5 Å². The largest absolute Gasteiger partial charge is 0.493 e. The van der Waals surface area contributed by atoms with Crippen LogP contribution in [0.5, 0.6) is 11.5 Å². The van der Waals surface area contributed by atoms with Gasteiger partial charge in [0, 0.05) is 16.8 Å². The number of ether oxygens (including phenoxy) is 2. The van der Waals surface area contributed by atoms with Gasteiger partial charge in [0.1, 0.15) is 0 Å². The van der Waals surface area contributed by atoms with Crippen LogP contribution in [0.15, 0.2) is 66.7 Å². The van der Waals surface area contributed by atoms with Crippen LogP contribution in [0.1, 0.15) is 67.2 Å². The first-order chi connectivity index (χ1) is 16.7. The number of nitrogens with one attached hydrogen (secondary N) is 2. The molecule has 3 aromatic carbocycles. The van der Waals surface area contributed by atoms with Crippen molar-refractivity contribution in [1.29, 1.82) is 0 Å². The summed E-state index contributed by atoms with van der Waals surface area (Å²) in [5.74, 6) is 1.33. The molecule has 0 fully saturated rings. The van der Waals surface area contributed by atoms with E-state index >= 15 is 0 Å². The lowest BCUT2D eigenvalue weighted by atomic mass is 9.86. The Morgan fingerprint density at radius 1 is 0.914 bits per heavy atom. The number of rotatable bonds is 8. The fourth-order valence-electron chi connectivity index (χ4n) is 3.84. The van der Waals surface area contributed by atoms with E-state index in [9.17, 15) is 4.79 Å². The summed E-state index contributed by atoms with van der Waals surface area (Å²) in [6.45, 7) is 8.56. The van der Waals surface area contributed by atoms with E-state index in [1.165, 1.54) is 5.56 Å². The summed E-state index contributed by atoms with van der Waals surface area (Å²) in [7, 11) is 3.24. The van der Waals surface area contributed by atoms with Gasteiger partial charge in [-0.3, -0.25) is 4.79 Å². The SMILES string of the molecule is CC[C@H](NC(=S)Nc1cccc(C(=O)c2ccc(C(C)(C)C)cc2)c1)c1ccc(OC)c(OC)c1. The molecular formula is C29H34N2O3S. The molecule has 1 atom stereocenters. The third kappa shape index (κ3) is 6.61. The molecule has 0 heterocycles. The third-order valence-corrected chi connectivity index (χ3v) is 6.14. The molecule has 0 aliphatic carbocycles. The number of methoxy groups -OCH3 is 2. The second-order valence-corrected chi connectivity index (χ2v) is 9.82. The highest BCUT2D eigenvalue weighted by Crippen LogP contribution is 2.31. The molecule has 2 N–H and O–H groups in total. The van der Waals surface area contributed by atoms with Crippen LogP contribution < -0.4 is 20.1 Å². The Labute approximate surface area is 213 Å². The van der Waals surface area contributed by atoms with Gasteiger partial charge in [-0.25, -0.2) is 0 Å². The molecule has 6 heteroatoms. The second kappa shape index (κ2) is 11.4. The van der Waals surface area contributed by atoms with Crippen molar-refractivity contribution >= 4 is 28.8 Å². The molecule has 0 saturated carbocycles. The summed E-state index contributed by atoms with van der Waals surface area (Å²) in [6, 6.07) is 21.0. The van der Waals surface area contributed by atoms with Crippen LogP contribution in [0.2, 0.25) is 0 Å². The maximum atomic E-state index is 13.1. The topological polar surface area (TPSA) is 59.6 Å². The predicted octanol–water partition coefficient (Wildman–Crippen LogP) is 6.67. The molecule has 3 rings (SSSR count). The normalized spacial score (nSPS) is 11.9. The minimum absolute atomic E-state index is 0.0130. The van der Waals surface area contributed by atoms with Gasteiger partial charge in [0.25, 0.3) is 0 Å². The van der Waals surface area contributed by atoms with Crippen molar-refractivity contribution in [2.45, 2.75) is 45.6 Å². The highest BCUT2D eigenvalue weighted by Gasteiger charge is 2.17. The Balaban J connectivity index is 1.71. The van der Waals surface area contributed by atoms with Gasteiger partial charge in [-0.05, 0) is 59.4 Å². The average Bonchev–Trinajstić information content (AvgIpc) is 2.86. The summed E-state index contributed by atoms with van der Waals surface area (Å²) in [5, 5.41) is 7.05. The minimum atomic E-state index is -0.0234. The zero-order valence-corrected chi connectivity index (χ0v) is 22.1. The highest BCUT2D eigenvalue weighted by atomic mass is 32.1. The lowest BCUT2D eigenvalue weighted by Crippen LogP contribution is -2.32. The van der Waals surface area contributed by atoms with E-state index in [2.05, 4.69) is 38.3 Å². The first-order valence-electron chi connectivity index (χ1n) is 11.7. The minimum Gasteiger partial charge on any atom is -0.493 e. The number of thiocarbonyl (C=S) groups is 1. The molecular weight excluding hydrogens is 456 g/mol. The number of carbonyl (C=O) groups is 1. The smallest absolute Gasteiger partial charge is 0.193 e. The van der Waals surface area contributed by atoms with Crippen LogP contribution >= 0.6 is 12.2 Å². The van der Waals surface area contributed by atoms with Crippen LogP contribution in [0, 0.1) is 0 Å². The van der Waals surface area contributed by atoms with E-state index in [0.29, 0.717) is 27.7 Å². The van der Waals surface area contributed by atoms with Crippen molar-refractivity contribution in [1.82, 2.24) is 5.32 Å². The molecule has 0 spiro atoms. The van der Waals surface area contributed by atoms with E-state index in [0.717, 1.165) is 17.7 Å². The zero-order valence-electron chi connectivity index (χ0n) is 21.3. The van der Waals surface area contributed by atoms with Crippen LogP contribution in [0.3, 0.4) is 0 Å². The maximum absolute atomic E-state index is 13.1. The van der Waals surface area contributed by atoms with Gasteiger partial charge in [0.2, 0.25) is 0 Å². The molecule has 0 amide bonds. The van der Waals surface area contributed by atoms with E-state index in [1.807, 2.05) is 66.7 Å². The van der Waals surface area contributed by atoms with Gasteiger partial charge >= 0.3 is 0 Å². The Hall–Kier alpha value is -3.38. The number of carbonyl (C=O) groups excluding carboxylic acids is 1. The van der Waals surface area contributed by atoms with Gasteiger partial charge in [0.05, 0.1) is 20.3 Å². The van der Waals surface area contributed by atoms with Gasteiger partial charge in [-0.15, -0.1) is 0 Å². The summed E-state index contributed by atoms with van der Waals surface area (Å²) < 4.78 is 10.8. The van der Waals surface area contributed by atoms with Crippen molar-refractivity contribution in [2.24, 2.45) is 0 Å². The fraction of sp³-hybridized carbons (Fsp3) is 0.310. The number of hydrogen-bond donors (Lipinski definition) is 2. The van der Waals surface area contributed by atoms with Crippen LogP contribution in [-0.4, -0.2) is 25.1 Å². The molecule has 0 radical (unpaired) electrons. The zero-order chi connectivity index (χ0) is 25.6. The lowest BCUT2D eigenvalue weighted by Gasteiger charge is -2.21. The molecule has 0 unspecified atom stereocenters. The molecule has 35 heavy (non-hydrogen) atoms. The van der Waals surface area contributed by atoms with Crippen molar-refractivity contribution in [3.05, 3.63) is 89.0 Å². The van der Waals surface area contributed by atoms with Crippen LogP contribution in [0.25, 0.3) is 0 Å². The first kappa shape index (κ1) is 26.2. The van der Waals surface area contributed by atoms with E-state index < -0.39 is 0 Å². The van der Waals surface area contributed by atoms with Gasteiger partial charge in [-0.1, -0.05) is 70.2 Å². The van der Waals surface area contributed by atoms with Crippen molar-refractivity contribution in [3.63, 3.8) is 0 Å². The first-order valence-corrected chi connectivity index (χ1v) is 12.1. The van der Waals surface area contributed by atoms with Crippen molar-refractivity contribution < 1.29 is 14.3 Å². The highest BCUT2D eigenvalue weighted by molar-refractivity contribution is 7.80. The number of hydrogen-bond acceptors (Lipinski definition) is 4. The van der Waals surface area contributed by atoms with E-state index in [4.69, 9.17) is 21.7 Å². The number of ketones is 1. The monoisotopic (exact) mass is 490 g/mol. The Bertz CT molecular complexity index is 1180. The summed E-state index contributed by atoms with van der Waals surface area (Å²) in [6.07, 6.45) is 0.820. The number of anilines is 1. The Morgan fingerprint density at radius 3 is 2.20 bits per heavy atom. The standard InChI is InChI=1S/C29H34N2O3S/c1-7-24(20-13-16-25(33-5)26(18-20)34-6)31-28(35)30-23-10-8-9-21(17-23)27(32)19-11-14-22(15-12-19)29(2,3)4/h8-18,24H,7H2,1-6H3,(H2,30,31,35)/t24-/m0/s1. The van der Waals surface area contributed by atoms with Gasteiger partial charge < -0.3 is 20.1 Å². The molecule has 0 aliphatic rings. The summed E-state index contributed by atoms with van der Waals surface area (Å²) in [5.41, 5.74) is 4.30. The van der Waals surface area contributed by atoms with Crippen LogP contribution in [0.4, 0.5) is 5.69 Å². The summed E-state index contributed by atoms with van der Waals surface area (Å²) >= 11 is 5.58. The van der Waals surface area contributed by atoms with Gasteiger partial charge in [0.15, 0.2) is 22.4 Å². The van der Waals surface area contributed by atoms with Crippen LogP contribution in [-0.2, 0) is 5.41 Å². The number of benzene rings is 3. The fourth-order valence-corrected chi connectivity index (χ4v) is 4.10.